The Kier molecular flexibility index (Phi) is 6.66. The zero-order valence-corrected chi connectivity index (χ0v) is 8.99. The van der Waals surface area contributed by atoms with Gasteiger partial charge in [-0.05, 0) is 20.8 Å². The number of hydrogen-bond acceptors (Lipinski definition) is 3. The predicted octanol–water partition coefficient (Wildman–Crippen LogP) is 1.13. The Hall–Kier alpha value is -1.16. The van der Waals surface area contributed by atoms with Gasteiger partial charge in [0.1, 0.15) is 6.61 Å². The van der Waals surface area contributed by atoms with E-state index in [0.29, 0.717) is 0 Å². The van der Waals surface area contributed by atoms with Crippen molar-refractivity contribution in [3.05, 3.63) is 12.8 Å². The van der Waals surface area contributed by atoms with Crippen LogP contribution in [0.1, 0.15) is 20.8 Å². The molecule has 0 spiro atoms. The molecule has 80 valence electrons. The summed E-state index contributed by atoms with van der Waals surface area (Å²) >= 11 is 0. The second-order valence-electron chi connectivity index (χ2n) is 3.22. The van der Waals surface area contributed by atoms with Gasteiger partial charge in [-0.2, -0.15) is 0 Å². The molecular formula is C10H18N2O2. The summed E-state index contributed by atoms with van der Waals surface area (Å²) in [7, 11) is 0. The van der Waals surface area contributed by atoms with Gasteiger partial charge in [0, 0.05) is 18.5 Å². The SMILES string of the molecule is C=CN=CC(C)OCC(=O)NC(C)C. The molecule has 0 radical (unpaired) electrons. The van der Waals surface area contributed by atoms with E-state index in [1.54, 1.807) is 6.21 Å². The first-order chi connectivity index (χ1) is 6.56. The normalized spacial score (nSPS) is 13.1. The maximum atomic E-state index is 11.1. The topological polar surface area (TPSA) is 50.7 Å². The van der Waals surface area contributed by atoms with E-state index in [2.05, 4.69) is 16.9 Å². The molecule has 0 saturated heterocycles. The van der Waals surface area contributed by atoms with Gasteiger partial charge in [0.25, 0.3) is 0 Å². The van der Waals surface area contributed by atoms with Crippen LogP contribution in [0.15, 0.2) is 17.8 Å². The van der Waals surface area contributed by atoms with E-state index in [1.165, 1.54) is 6.20 Å². The second-order valence-corrected chi connectivity index (χ2v) is 3.22. The molecule has 1 unspecified atom stereocenters. The number of carbonyl (C=O) groups excluding carboxylic acids is 1. The molecule has 0 aromatic heterocycles. The molecule has 1 amide bonds. The summed E-state index contributed by atoms with van der Waals surface area (Å²) in [5.74, 6) is -0.112. The van der Waals surface area contributed by atoms with Crippen molar-refractivity contribution < 1.29 is 9.53 Å². The van der Waals surface area contributed by atoms with Crippen LogP contribution < -0.4 is 5.32 Å². The quantitative estimate of drug-likeness (QED) is 0.650. The zero-order chi connectivity index (χ0) is 11.0. The Morgan fingerprint density at radius 3 is 2.71 bits per heavy atom. The lowest BCUT2D eigenvalue weighted by Gasteiger charge is -2.10. The highest BCUT2D eigenvalue weighted by molar-refractivity contribution is 5.77. The van der Waals surface area contributed by atoms with E-state index in [0.717, 1.165) is 0 Å². The monoisotopic (exact) mass is 198 g/mol. The Morgan fingerprint density at radius 2 is 2.21 bits per heavy atom. The van der Waals surface area contributed by atoms with Gasteiger partial charge in [0.15, 0.2) is 0 Å². The summed E-state index contributed by atoms with van der Waals surface area (Å²) in [4.78, 5) is 14.9. The Morgan fingerprint density at radius 1 is 1.57 bits per heavy atom. The average molecular weight is 198 g/mol. The predicted molar refractivity (Wildman–Crippen MR) is 57.4 cm³/mol. The van der Waals surface area contributed by atoms with Crippen LogP contribution in [0, 0.1) is 0 Å². The van der Waals surface area contributed by atoms with Crippen molar-refractivity contribution in [3.63, 3.8) is 0 Å². The van der Waals surface area contributed by atoms with Crippen molar-refractivity contribution in [1.82, 2.24) is 5.32 Å². The molecule has 4 heteroatoms. The second kappa shape index (κ2) is 7.26. The molecule has 1 atom stereocenters. The van der Waals surface area contributed by atoms with E-state index in [1.807, 2.05) is 20.8 Å². The number of amides is 1. The van der Waals surface area contributed by atoms with Gasteiger partial charge in [0.05, 0.1) is 6.10 Å². The van der Waals surface area contributed by atoms with Crippen molar-refractivity contribution in [2.45, 2.75) is 32.9 Å². The first kappa shape index (κ1) is 12.8. The minimum atomic E-state index is -0.175. The van der Waals surface area contributed by atoms with Crippen LogP contribution in [-0.4, -0.2) is 30.9 Å². The van der Waals surface area contributed by atoms with Crippen molar-refractivity contribution in [2.75, 3.05) is 6.61 Å². The first-order valence-corrected chi connectivity index (χ1v) is 4.61. The summed E-state index contributed by atoms with van der Waals surface area (Å²) in [6.45, 7) is 9.11. The summed E-state index contributed by atoms with van der Waals surface area (Å²) in [6, 6.07) is 0.142. The number of carbonyl (C=O) groups is 1. The fraction of sp³-hybridized carbons (Fsp3) is 0.600. The van der Waals surface area contributed by atoms with E-state index < -0.39 is 0 Å². The fourth-order valence-corrected chi connectivity index (χ4v) is 0.796. The number of aliphatic imine (C=N–C) groups is 1. The number of nitrogens with zero attached hydrogens (tertiary/aromatic N) is 1. The number of ether oxygens (including phenoxy) is 1. The average Bonchev–Trinajstić information content (AvgIpc) is 2.10. The lowest BCUT2D eigenvalue weighted by molar-refractivity contribution is -0.126. The maximum Gasteiger partial charge on any atom is 0.246 e. The minimum Gasteiger partial charge on any atom is -0.363 e. The van der Waals surface area contributed by atoms with Gasteiger partial charge in [-0.1, -0.05) is 6.58 Å². The molecule has 0 aromatic carbocycles. The summed E-state index contributed by atoms with van der Waals surface area (Å²) < 4.78 is 5.20. The van der Waals surface area contributed by atoms with Gasteiger partial charge in [-0.25, -0.2) is 0 Å². The highest BCUT2D eigenvalue weighted by Crippen LogP contribution is 1.88. The van der Waals surface area contributed by atoms with Crippen LogP contribution >= 0.6 is 0 Å². The third kappa shape index (κ3) is 7.49. The third-order valence-electron chi connectivity index (χ3n) is 1.33. The fourth-order valence-electron chi connectivity index (χ4n) is 0.796. The Bertz CT molecular complexity index is 212. The lowest BCUT2D eigenvalue weighted by Crippen LogP contribution is -2.34. The molecule has 0 fully saturated rings. The standard InChI is InChI=1S/C10H18N2O2/c1-5-11-6-9(4)14-7-10(13)12-8(2)3/h5-6,8-9H,1,7H2,2-4H3,(H,12,13). The molecule has 0 saturated carbocycles. The van der Waals surface area contributed by atoms with Crippen molar-refractivity contribution in [3.8, 4) is 0 Å². The van der Waals surface area contributed by atoms with Crippen LogP contribution in [0.25, 0.3) is 0 Å². The zero-order valence-electron chi connectivity index (χ0n) is 8.99. The highest BCUT2D eigenvalue weighted by atomic mass is 16.5. The van der Waals surface area contributed by atoms with Crippen LogP contribution in [0.5, 0.6) is 0 Å². The van der Waals surface area contributed by atoms with E-state index in [-0.39, 0.29) is 24.7 Å². The molecule has 1 N–H and O–H groups in total. The molecule has 4 nitrogen and oxygen atoms in total. The summed E-state index contributed by atoms with van der Waals surface area (Å²) in [5, 5.41) is 2.73. The molecule has 0 aliphatic heterocycles. The molecule has 0 aliphatic rings. The van der Waals surface area contributed by atoms with E-state index in [9.17, 15) is 4.79 Å². The molecule has 0 aliphatic carbocycles. The summed E-state index contributed by atoms with van der Waals surface area (Å²) in [6.07, 6.45) is 2.84. The molecule has 0 rings (SSSR count). The van der Waals surface area contributed by atoms with Crippen molar-refractivity contribution in [2.24, 2.45) is 4.99 Å². The molecule has 0 aromatic rings. The van der Waals surface area contributed by atoms with Crippen LogP contribution in [0.3, 0.4) is 0 Å². The first-order valence-electron chi connectivity index (χ1n) is 4.61. The molecular weight excluding hydrogens is 180 g/mol. The molecule has 14 heavy (non-hydrogen) atoms. The smallest absolute Gasteiger partial charge is 0.246 e. The van der Waals surface area contributed by atoms with E-state index in [4.69, 9.17) is 4.74 Å². The van der Waals surface area contributed by atoms with Crippen LogP contribution in [0.4, 0.5) is 0 Å². The van der Waals surface area contributed by atoms with Crippen molar-refractivity contribution in [1.29, 1.82) is 0 Å². The van der Waals surface area contributed by atoms with Gasteiger partial charge < -0.3 is 10.1 Å². The van der Waals surface area contributed by atoms with Crippen molar-refractivity contribution >= 4 is 12.1 Å². The minimum absolute atomic E-state index is 0.0580. The van der Waals surface area contributed by atoms with Crippen LogP contribution in [0.2, 0.25) is 0 Å². The van der Waals surface area contributed by atoms with Gasteiger partial charge >= 0.3 is 0 Å². The molecule has 0 heterocycles. The maximum absolute atomic E-state index is 11.1. The van der Waals surface area contributed by atoms with Crippen LogP contribution in [-0.2, 0) is 9.53 Å². The van der Waals surface area contributed by atoms with Gasteiger partial charge in [0.2, 0.25) is 5.91 Å². The van der Waals surface area contributed by atoms with Gasteiger partial charge in [-0.3, -0.25) is 9.79 Å². The van der Waals surface area contributed by atoms with E-state index >= 15 is 0 Å². The lowest BCUT2D eigenvalue weighted by atomic mass is 10.4. The number of nitrogens with one attached hydrogen (secondary N) is 1. The Balaban J connectivity index is 3.65. The number of hydrogen-bond donors (Lipinski definition) is 1. The molecule has 0 bridgehead atoms. The third-order valence-corrected chi connectivity index (χ3v) is 1.33. The Labute approximate surface area is 85.1 Å². The largest absolute Gasteiger partial charge is 0.363 e. The van der Waals surface area contributed by atoms with Gasteiger partial charge in [-0.15, -0.1) is 0 Å². The summed E-state index contributed by atoms with van der Waals surface area (Å²) in [5.41, 5.74) is 0. The highest BCUT2D eigenvalue weighted by Gasteiger charge is 2.05. The number of rotatable bonds is 6.